The average Bonchev–Trinajstić information content (AvgIpc) is 3.42. The summed E-state index contributed by atoms with van der Waals surface area (Å²) < 4.78 is 2.40. The number of rotatable bonds is 13. The number of aryl methyl sites for hydroxylation is 1. The van der Waals surface area contributed by atoms with Gasteiger partial charge in [-0.15, -0.1) is 0 Å². The molecule has 11 aromatic carbocycles. The molecule has 0 aliphatic heterocycles. The minimum Gasteiger partial charge on any atom is -0.310 e. The quantitative estimate of drug-likeness (QED) is 0.112. The van der Waals surface area contributed by atoms with Gasteiger partial charge in [-0.2, -0.15) is 0 Å². The number of nitrogens with zero attached hydrogens (tertiary/aromatic N) is 2. The molecule has 0 saturated heterocycles. The van der Waals surface area contributed by atoms with Crippen molar-refractivity contribution in [1.29, 1.82) is 0 Å². The number of hydrogen-bond acceptors (Lipinski definition) is 1. The molecule has 1 heterocycles. The van der Waals surface area contributed by atoms with Gasteiger partial charge in [-0.05, 0) is 180 Å². The number of hydrogen-bond donors (Lipinski definition) is 0. The lowest BCUT2D eigenvalue weighted by Crippen LogP contribution is -2.29. The molecule has 1 atom stereocenters. The molecule has 80 heavy (non-hydrogen) atoms. The van der Waals surface area contributed by atoms with E-state index in [9.17, 15) is 0 Å². The van der Waals surface area contributed by atoms with E-state index >= 15 is 0 Å². The molecule has 0 amide bonds. The monoisotopic (exact) mass is 1030 g/mol. The van der Waals surface area contributed by atoms with Crippen molar-refractivity contribution < 1.29 is 0 Å². The highest BCUT2D eigenvalue weighted by molar-refractivity contribution is 6.11. The molecular formula is C78H62N2. The largest absolute Gasteiger partial charge is 0.310 e. The molecule has 0 saturated carbocycles. The van der Waals surface area contributed by atoms with Crippen molar-refractivity contribution in [3.63, 3.8) is 0 Å². The summed E-state index contributed by atoms with van der Waals surface area (Å²) in [6.45, 7) is 15.1. The van der Waals surface area contributed by atoms with Crippen LogP contribution in [0.25, 0.3) is 84.2 Å². The Hall–Kier alpha value is -9.50. The molecule has 1 aromatic heterocycles. The van der Waals surface area contributed by atoms with Crippen LogP contribution in [0.5, 0.6) is 0 Å². The van der Waals surface area contributed by atoms with E-state index in [1.807, 2.05) is 12.2 Å². The average molecular weight is 1030 g/mol. The van der Waals surface area contributed by atoms with Crippen molar-refractivity contribution >= 4 is 51.0 Å². The van der Waals surface area contributed by atoms with Gasteiger partial charge in [-0.25, -0.2) is 0 Å². The van der Waals surface area contributed by atoms with Gasteiger partial charge in [-0.1, -0.05) is 228 Å². The predicted octanol–water partition coefficient (Wildman–Crippen LogP) is 20.9. The Morgan fingerprint density at radius 3 is 1.46 bits per heavy atom. The van der Waals surface area contributed by atoms with Crippen molar-refractivity contribution in [2.24, 2.45) is 0 Å². The van der Waals surface area contributed by atoms with Gasteiger partial charge in [0.1, 0.15) is 0 Å². The zero-order valence-electron chi connectivity index (χ0n) is 45.8. The van der Waals surface area contributed by atoms with Crippen LogP contribution in [-0.2, 0) is 17.3 Å². The molecule has 12 aromatic rings. The smallest absolute Gasteiger partial charge is 0.0714 e. The van der Waals surface area contributed by atoms with E-state index in [2.05, 4.69) is 292 Å². The Morgan fingerprint density at radius 1 is 0.412 bits per heavy atom. The van der Waals surface area contributed by atoms with Crippen molar-refractivity contribution in [2.75, 3.05) is 4.90 Å². The van der Waals surface area contributed by atoms with Crippen molar-refractivity contribution in [1.82, 2.24) is 4.57 Å². The van der Waals surface area contributed by atoms with Crippen LogP contribution in [0.4, 0.5) is 17.1 Å². The van der Waals surface area contributed by atoms with Gasteiger partial charge in [0, 0.05) is 38.9 Å². The number of unbranched alkanes of at least 4 members (excludes halogenated alkanes) is 1. The molecule has 2 nitrogen and oxygen atoms in total. The van der Waals surface area contributed by atoms with E-state index in [0.717, 1.165) is 45.9 Å². The minimum absolute atomic E-state index is 0.174. The van der Waals surface area contributed by atoms with Crippen LogP contribution in [0.1, 0.15) is 83.7 Å². The Balaban J connectivity index is 0.939. The maximum absolute atomic E-state index is 4.14. The summed E-state index contributed by atoms with van der Waals surface area (Å²) >= 11 is 0. The SMILES string of the molecule is C=Cc1ccc(-c2ccc3c(c2)c2cc(-c4ccc(N(c5ccc6c(c5)C(C)(C)c5ccccc5-6)c5ccc6c(c5)C(c5ccc(C=C)cc5)(c5ccc(CCCC)cc5)c5ccccc5-6)cc4)ccc2n3-c2ccccc2)cc1. The van der Waals surface area contributed by atoms with Crippen molar-refractivity contribution in [3.8, 4) is 50.2 Å². The Labute approximate surface area is 470 Å². The highest BCUT2D eigenvalue weighted by atomic mass is 15.1. The van der Waals surface area contributed by atoms with E-state index < -0.39 is 5.41 Å². The van der Waals surface area contributed by atoms with Gasteiger partial charge >= 0.3 is 0 Å². The topological polar surface area (TPSA) is 8.17 Å². The third-order valence-corrected chi connectivity index (χ3v) is 17.6. The zero-order chi connectivity index (χ0) is 54.1. The van der Waals surface area contributed by atoms with E-state index in [1.54, 1.807) is 0 Å². The highest BCUT2D eigenvalue weighted by Gasteiger charge is 2.46. The van der Waals surface area contributed by atoms with Crippen LogP contribution < -0.4 is 4.90 Å². The molecule has 0 N–H and O–H groups in total. The minimum atomic E-state index is -0.582. The summed E-state index contributed by atoms with van der Waals surface area (Å²) in [5, 5.41) is 2.44. The van der Waals surface area contributed by atoms with Crippen LogP contribution in [0.15, 0.2) is 262 Å². The lowest BCUT2D eigenvalue weighted by Gasteiger charge is -2.35. The summed E-state index contributed by atoms with van der Waals surface area (Å²) in [4.78, 5) is 2.49. The fourth-order valence-electron chi connectivity index (χ4n) is 13.5. The Morgan fingerprint density at radius 2 is 0.875 bits per heavy atom. The van der Waals surface area contributed by atoms with Crippen LogP contribution in [0.2, 0.25) is 0 Å². The zero-order valence-corrected chi connectivity index (χ0v) is 45.8. The molecule has 2 heteroatoms. The van der Waals surface area contributed by atoms with E-state index in [1.165, 1.54) is 113 Å². The number of anilines is 3. The molecular weight excluding hydrogens is 965 g/mol. The lowest BCUT2D eigenvalue weighted by molar-refractivity contribution is 0.660. The lowest BCUT2D eigenvalue weighted by atomic mass is 9.67. The second kappa shape index (κ2) is 19.4. The molecule has 0 radical (unpaired) electrons. The second-order valence-electron chi connectivity index (χ2n) is 22.4. The first-order chi connectivity index (χ1) is 39.3. The maximum Gasteiger partial charge on any atom is 0.0714 e. The fourth-order valence-corrected chi connectivity index (χ4v) is 13.5. The van der Waals surface area contributed by atoms with Gasteiger partial charge in [0.15, 0.2) is 0 Å². The van der Waals surface area contributed by atoms with Crippen LogP contribution >= 0.6 is 0 Å². The molecule has 1 unspecified atom stereocenters. The summed E-state index contributed by atoms with van der Waals surface area (Å²) in [7, 11) is 0. The van der Waals surface area contributed by atoms with Crippen molar-refractivity contribution in [2.45, 2.75) is 50.9 Å². The molecule has 384 valence electrons. The first-order valence-corrected chi connectivity index (χ1v) is 28.3. The highest BCUT2D eigenvalue weighted by Crippen LogP contribution is 2.58. The van der Waals surface area contributed by atoms with Gasteiger partial charge < -0.3 is 9.47 Å². The molecule has 0 bridgehead atoms. The molecule has 14 rings (SSSR count). The van der Waals surface area contributed by atoms with Gasteiger partial charge in [0.25, 0.3) is 0 Å². The molecule has 2 aliphatic rings. The normalized spacial score (nSPS) is 14.6. The standard InChI is InChI=1S/C78H62N2/c1-6-9-17-54-28-38-60(39-29-54)78(59-36-26-53(8-3)27-37-59)72-23-16-14-21-66(72)68-45-43-64(51-74(68)78)79(63-42-44-67-65-20-13-15-22-71(65)77(4,5)73(67)50-63)62-40-32-56(33-41-62)58-35-47-76-70(49-58)69-48-57(55-30-24-52(7-2)25-31-55)34-46-75(69)80(76)61-18-11-10-12-19-61/h7-8,10-16,18-51H,2-3,6,9,17H2,1,4-5H3. The summed E-state index contributed by atoms with van der Waals surface area (Å²) in [6, 6.07) is 93.6. The maximum atomic E-state index is 4.14. The predicted molar refractivity (Wildman–Crippen MR) is 340 cm³/mol. The first-order valence-electron chi connectivity index (χ1n) is 28.3. The number of aromatic nitrogens is 1. The first kappa shape index (κ1) is 48.8. The van der Waals surface area contributed by atoms with Gasteiger partial charge in [0.2, 0.25) is 0 Å². The fraction of sp³-hybridized carbons (Fsp3) is 0.103. The second-order valence-corrected chi connectivity index (χ2v) is 22.4. The van der Waals surface area contributed by atoms with Crippen molar-refractivity contribution in [3.05, 3.63) is 312 Å². The Kier molecular flexibility index (Phi) is 11.9. The molecule has 0 fully saturated rings. The Bertz CT molecular complexity index is 4360. The van der Waals surface area contributed by atoms with Crippen LogP contribution in [-0.4, -0.2) is 4.57 Å². The number of fused-ring (bicyclic) bond motifs is 9. The third kappa shape index (κ3) is 7.76. The summed E-state index contributed by atoms with van der Waals surface area (Å²) in [5.41, 5.74) is 27.3. The van der Waals surface area contributed by atoms with Crippen LogP contribution in [0, 0.1) is 0 Å². The number of benzene rings is 11. The number of para-hydroxylation sites is 1. The molecule has 2 aliphatic carbocycles. The molecule has 0 spiro atoms. The van der Waals surface area contributed by atoms with E-state index in [0.29, 0.717) is 0 Å². The van der Waals surface area contributed by atoms with E-state index in [-0.39, 0.29) is 5.41 Å². The third-order valence-electron chi connectivity index (χ3n) is 17.6. The summed E-state index contributed by atoms with van der Waals surface area (Å²) in [5.74, 6) is 0. The summed E-state index contributed by atoms with van der Waals surface area (Å²) in [6.07, 6.45) is 7.26. The van der Waals surface area contributed by atoms with Gasteiger partial charge in [0.05, 0.1) is 16.4 Å². The van der Waals surface area contributed by atoms with Gasteiger partial charge in [-0.3, -0.25) is 0 Å². The van der Waals surface area contributed by atoms with E-state index in [4.69, 9.17) is 0 Å². The van der Waals surface area contributed by atoms with Crippen LogP contribution in [0.3, 0.4) is 0 Å².